The fourth-order valence-electron chi connectivity index (χ4n) is 3.41. The van der Waals surface area contributed by atoms with Gasteiger partial charge in [0.1, 0.15) is 5.82 Å². The van der Waals surface area contributed by atoms with Gasteiger partial charge >= 0.3 is 0 Å². The zero-order valence-electron chi connectivity index (χ0n) is 15.6. The molecule has 0 spiro atoms. The van der Waals surface area contributed by atoms with Gasteiger partial charge in [-0.05, 0) is 38.2 Å². The smallest absolute Gasteiger partial charge is 0.161 e. The topological polar surface area (TPSA) is 67.4 Å². The highest BCUT2D eigenvalue weighted by Crippen LogP contribution is 2.20. The molecule has 1 aliphatic rings. The summed E-state index contributed by atoms with van der Waals surface area (Å²) in [5.74, 6) is 0.932. The molecule has 0 aromatic carbocycles. The van der Waals surface area contributed by atoms with E-state index in [0.29, 0.717) is 5.56 Å². The Kier molecular flexibility index (Phi) is 4.77. The highest BCUT2D eigenvalue weighted by molar-refractivity contribution is 5.93. The molecule has 0 radical (unpaired) electrons. The van der Waals surface area contributed by atoms with E-state index in [1.807, 2.05) is 18.2 Å². The second-order valence-corrected chi connectivity index (χ2v) is 7.04. The van der Waals surface area contributed by atoms with Crippen LogP contribution >= 0.6 is 0 Å². The number of ketones is 1. The molecule has 1 aliphatic heterocycles. The standard InChI is InChI=1S/C20H23N5O2/c1-15(26)17-3-4-20(21-10-17)24-6-7-25-19(13-24)9-18(22-25)12-23(2)11-16-5-8-27-14-16/h3-5,8-10,14H,6-7,11-13H2,1-2H3. The molecule has 0 amide bonds. The molecule has 0 saturated heterocycles. The van der Waals surface area contributed by atoms with E-state index in [4.69, 9.17) is 9.52 Å². The van der Waals surface area contributed by atoms with E-state index >= 15 is 0 Å². The Morgan fingerprint density at radius 3 is 2.85 bits per heavy atom. The zero-order chi connectivity index (χ0) is 18.8. The minimum Gasteiger partial charge on any atom is -0.472 e. The average molecular weight is 365 g/mol. The second-order valence-electron chi connectivity index (χ2n) is 7.04. The molecular formula is C20H23N5O2. The first-order chi connectivity index (χ1) is 13.1. The Bertz CT molecular complexity index is 915. The van der Waals surface area contributed by atoms with Crippen molar-refractivity contribution in [1.29, 1.82) is 0 Å². The van der Waals surface area contributed by atoms with Gasteiger partial charge in [-0.25, -0.2) is 4.98 Å². The number of aromatic nitrogens is 3. The minimum absolute atomic E-state index is 0.0370. The van der Waals surface area contributed by atoms with Crippen LogP contribution in [0.3, 0.4) is 0 Å². The number of hydrogen-bond acceptors (Lipinski definition) is 6. The van der Waals surface area contributed by atoms with Gasteiger partial charge in [0.05, 0.1) is 37.0 Å². The lowest BCUT2D eigenvalue weighted by molar-refractivity contribution is 0.101. The lowest BCUT2D eigenvalue weighted by Crippen LogP contribution is -2.34. The molecule has 0 atom stereocenters. The molecule has 0 unspecified atom stereocenters. The van der Waals surface area contributed by atoms with Crippen LogP contribution in [0.1, 0.15) is 34.2 Å². The van der Waals surface area contributed by atoms with Gasteiger partial charge in [-0.2, -0.15) is 5.10 Å². The van der Waals surface area contributed by atoms with Gasteiger partial charge in [-0.3, -0.25) is 14.4 Å². The predicted octanol–water partition coefficient (Wildman–Crippen LogP) is 2.73. The van der Waals surface area contributed by atoms with Crippen LogP contribution in [0.25, 0.3) is 0 Å². The molecule has 140 valence electrons. The van der Waals surface area contributed by atoms with E-state index in [9.17, 15) is 4.79 Å². The summed E-state index contributed by atoms with van der Waals surface area (Å²) in [6, 6.07) is 7.91. The molecule has 0 fully saturated rings. The maximum absolute atomic E-state index is 11.4. The first-order valence-corrected chi connectivity index (χ1v) is 9.05. The Morgan fingerprint density at radius 1 is 1.26 bits per heavy atom. The molecule has 7 heteroatoms. The van der Waals surface area contributed by atoms with Crippen molar-refractivity contribution in [3.63, 3.8) is 0 Å². The van der Waals surface area contributed by atoms with E-state index in [0.717, 1.165) is 49.8 Å². The van der Waals surface area contributed by atoms with Gasteiger partial charge < -0.3 is 9.32 Å². The zero-order valence-corrected chi connectivity index (χ0v) is 15.6. The first kappa shape index (κ1) is 17.5. The van der Waals surface area contributed by atoms with E-state index in [1.165, 1.54) is 5.69 Å². The number of fused-ring (bicyclic) bond motifs is 1. The van der Waals surface area contributed by atoms with Crippen LogP contribution in [-0.4, -0.2) is 39.0 Å². The molecule has 0 saturated carbocycles. The van der Waals surface area contributed by atoms with Crippen LogP contribution < -0.4 is 4.90 Å². The number of hydrogen-bond donors (Lipinski definition) is 0. The summed E-state index contributed by atoms with van der Waals surface area (Å²) in [6.45, 7) is 5.63. The third kappa shape index (κ3) is 3.93. The normalized spacial score (nSPS) is 13.8. The van der Waals surface area contributed by atoms with Gasteiger partial charge in [0.2, 0.25) is 0 Å². The number of carbonyl (C=O) groups excluding carboxylic acids is 1. The number of nitrogens with zero attached hydrogens (tertiary/aromatic N) is 5. The molecule has 27 heavy (non-hydrogen) atoms. The molecule has 4 heterocycles. The number of rotatable bonds is 6. The van der Waals surface area contributed by atoms with Gasteiger partial charge in [-0.15, -0.1) is 0 Å². The molecule has 0 N–H and O–H groups in total. The molecule has 7 nitrogen and oxygen atoms in total. The number of pyridine rings is 1. The van der Waals surface area contributed by atoms with Crippen molar-refractivity contribution in [2.45, 2.75) is 33.1 Å². The third-order valence-corrected chi connectivity index (χ3v) is 4.79. The number of carbonyl (C=O) groups is 1. The fraction of sp³-hybridized carbons (Fsp3) is 0.350. The SMILES string of the molecule is CC(=O)c1ccc(N2CCn3nc(CN(C)Cc4ccoc4)cc3C2)nc1. The van der Waals surface area contributed by atoms with E-state index in [2.05, 4.69) is 32.6 Å². The summed E-state index contributed by atoms with van der Waals surface area (Å²) >= 11 is 0. The Hall–Kier alpha value is -2.93. The van der Waals surface area contributed by atoms with Crippen LogP contribution in [0, 0.1) is 0 Å². The number of furan rings is 1. The van der Waals surface area contributed by atoms with E-state index in [-0.39, 0.29) is 5.78 Å². The second kappa shape index (κ2) is 7.36. The largest absolute Gasteiger partial charge is 0.472 e. The first-order valence-electron chi connectivity index (χ1n) is 9.05. The molecule has 3 aromatic rings. The van der Waals surface area contributed by atoms with E-state index in [1.54, 1.807) is 25.6 Å². The van der Waals surface area contributed by atoms with Crippen molar-refractivity contribution in [3.8, 4) is 0 Å². The number of anilines is 1. The monoisotopic (exact) mass is 365 g/mol. The van der Waals surface area contributed by atoms with Crippen LogP contribution in [-0.2, 0) is 26.2 Å². The lowest BCUT2D eigenvalue weighted by Gasteiger charge is -2.28. The average Bonchev–Trinajstić information content (AvgIpc) is 3.30. The van der Waals surface area contributed by atoms with Crippen molar-refractivity contribution >= 4 is 11.6 Å². The highest BCUT2D eigenvalue weighted by atomic mass is 16.3. The summed E-state index contributed by atoms with van der Waals surface area (Å²) in [5.41, 5.74) is 4.06. The van der Waals surface area contributed by atoms with Gasteiger partial charge in [0.15, 0.2) is 5.78 Å². The maximum Gasteiger partial charge on any atom is 0.161 e. The van der Waals surface area contributed by atoms with E-state index < -0.39 is 0 Å². The summed E-state index contributed by atoms with van der Waals surface area (Å²) < 4.78 is 7.21. The van der Waals surface area contributed by atoms with Crippen LogP contribution in [0.2, 0.25) is 0 Å². The summed E-state index contributed by atoms with van der Waals surface area (Å²) in [7, 11) is 2.08. The quantitative estimate of drug-likeness (QED) is 0.626. The van der Waals surface area contributed by atoms with Crippen molar-refractivity contribution in [1.82, 2.24) is 19.7 Å². The van der Waals surface area contributed by atoms with Crippen molar-refractivity contribution in [3.05, 3.63) is 65.5 Å². The fourth-order valence-corrected chi connectivity index (χ4v) is 3.41. The summed E-state index contributed by atoms with van der Waals surface area (Å²) in [6.07, 6.45) is 5.13. The molecule has 4 rings (SSSR count). The van der Waals surface area contributed by atoms with Crippen LogP contribution in [0.5, 0.6) is 0 Å². The Labute approximate surface area is 158 Å². The summed E-state index contributed by atoms with van der Waals surface area (Å²) in [4.78, 5) is 20.3. The predicted molar refractivity (Wildman–Crippen MR) is 101 cm³/mol. The van der Waals surface area contributed by atoms with Crippen LogP contribution in [0.15, 0.2) is 47.4 Å². The molecule has 0 bridgehead atoms. The van der Waals surface area contributed by atoms with Gasteiger partial charge in [0.25, 0.3) is 0 Å². The van der Waals surface area contributed by atoms with Crippen molar-refractivity contribution < 1.29 is 9.21 Å². The van der Waals surface area contributed by atoms with Crippen LogP contribution in [0.4, 0.5) is 5.82 Å². The maximum atomic E-state index is 11.4. The summed E-state index contributed by atoms with van der Waals surface area (Å²) in [5, 5.41) is 4.75. The lowest BCUT2D eigenvalue weighted by atomic mass is 10.2. The molecule has 3 aromatic heterocycles. The minimum atomic E-state index is 0.0370. The van der Waals surface area contributed by atoms with Gasteiger partial charge in [0, 0.05) is 37.0 Å². The third-order valence-electron chi connectivity index (χ3n) is 4.79. The van der Waals surface area contributed by atoms with Gasteiger partial charge in [-0.1, -0.05) is 0 Å². The highest BCUT2D eigenvalue weighted by Gasteiger charge is 2.20. The number of Topliss-reactive ketones (excluding diaryl/α,β-unsaturated/α-hetero) is 1. The van der Waals surface area contributed by atoms with Crippen molar-refractivity contribution in [2.75, 3.05) is 18.5 Å². The molecule has 0 aliphatic carbocycles. The Morgan fingerprint density at radius 2 is 2.15 bits per heavy atom. The molecular weight excluding hydrogens is 342 g/mol. The Balaban J connectivity index is 1.42. The van der Waals surface area contributed by atoms with Crippen molar-refractivity contribution in [2.24, 2.45) is 0 Å².